The molecule has 0 amide bonds. The van der Waals surface area contributed by atoms with Gasteiger partial charge in [0.25, 0.3) is 0 Å². The van der Waals surface area contributed by atoms with Crippen molar-refractivity contribution in [3.05, 3.63) is 12.2 Å². The smallest absolute Gasteiger partial charge is 0.155 e. The molecule has 0 saturated heterocycles. The van der Waals surface area contributed by atoms with Crippen LogP contribution >= 0.6 is 0 Å². The normalized spacial score (nSPS) is 17.5. The van der Waals surface area contributed by atoms with Crippen LogP contribution in [0.4, 0.5) is 0 Å². The summed E-state index contributed by atoms with van der Waals surface area (Å²) in [4.78, 5) is 10.8. The van der Waals surface area contributed by atoms with Crippen molar-refractivity contribution in [3.63, 3.8) is 0 Å². The SMILES string of the molecule is CCC(=O)/C=C/CNC1CC1. The van der Waals surface area contributed by atoms with Gasteiger partial charge in [0.15, 0.2) is 5.78 Å². The van der Waals surface area contributed by atoms with Gasteiger partial charge in [-0.15, -0.1) is 0 Å². The van der Waals surface area contributed by atoms with Crippen LogP contribution in [0.25, 0.3) is 0 Å². The van der Waals surface area contributed by atoms with E-state index in [0.29, 0.717) is 6.42 Å². The van der Waals surface area contributed by atoms with Crippen LogP contribution in [-0.4, -0.2) is 18.4 Å². The van der Waals surface area contributed by atoms with Crippen molar-refractivity contribution >= 4 is 5.78 Å². The third-order valence-corrected chi connectivity index (χ3v) is 1.75. The first-order valence-electron chi connectivity index (χ1n) is 4.25. The molecule has 2 heteroatoms. The number of carbonyl (C=O) groups is 1. The van der Waals surface area contributed by atoms with E-state index in [9.17, 15) is 4.79 Å². The number of rotatable bonds is 5. The number of hydrogen-bond donors (Lipinski definition) is 1. The molecule has 1 aliphatic rings. The van der Waals surface area contributed by atoms with Crippen LogP contribution in [0.15, 0.2) is 12.2 Å². The van der Waals surface area contributed by atoms with E-state index in [-0.39, 0.29) is 5.78 Å². The number of nitrogens with one attached hydrogen (secondary N) is 1. The maximum Gasteiger partial charge on any atom is 0.155 e. The molecule has 0 spiro atoms. The Kier molecular flexibility index (Phi) is 3.30. The van der Waals surface area contributed by atoms with Crippen LogP contribution in [0, 0.1) is 0 Å². The lowest BCUT2D eigenvalue weighted by molar-refractivity contribution is -0.114. The van der Waals surface area contributed by atoms with E-state index >= 15 is 0 Å². The van der Waals surface area contributed by atoms with E-state index < -0.39 is 0 Å². The minimum Gasteiger partial charge on any atom is -0.311 e. The fourth-order valence-electron chi connectivity index (χ4n) is 0.830. The van der Waals surface area contributed by atoms with Gasteiger partial charge in [-0.05, 0) is 18.9 Å². The first kappa shape index (κ1) is 8.47. The van der Waals surface area contributed by atoms with Gasteiger partial charge in [0.1, 0.15) is 0 Å². The fraction of sp³-hybridized carbons (Fsp3) is 0.667. The highest BCUT2D eigenvalue weighted by atomic mass is 16.1. The number of allylic oxidation sites excluding steroid dienone is 1. The highest BCUT2D eigenvalue weighted by Gasteiger charge is 2.18. The number of carbonyl (C=O) groups excluding carboxylic acids is 1. The lowest BCUT2D eigenvalue weighted by Crippen LogP contribution is -2.15. The summed E-state index contributed by atoms with van der Waals surface area (Å²) < 4.78 is 0. The van der Waals surface area contributed by atoms with Gasteiger partial charge in [0.2, 0.25) is 0 Å². The molecule has 0 aromatic carbocycles. The third-order valence-electron chi connectivity index (χ3n) is 1.75. The van der Waals surface area contributed by atoms with E-state index in [1.54, 1.807) is 6.08 Å². The molecule has 0 aromatic heterocycles. The molecule has 1 saturated carbocycles. The Hall–Kier alpha value is -0.630. The van der Waals surface area contributed by atoms with E-state index in [4.69, 9.17) is 0 Å². The van der Waals surface area contributed by atoms with Crippen molar-refractivity contribution in [1.82, 2.24) is 5.32 Å². The van der Waals surface area contributed by atoms with Gasteiger partial charge in [-0.1, -0.05) is 13.0 Å². The minimum absolute atomic E-state index is 0.211. The predicted octanol–water partition coefficient (Wildman–Crippen LogP) is 1.27. The maximum absolute atomic E-state index is 10.8. The van der Waals surface area contributed by atoms with Crippen molar-refractivity contribution in [2.45, 2.75) is 32.2 Å². The molecule has 0 heterocycles. The molecule has 1 rings (SSSR count). The molecule has 2 nitrogen and oxygen atoms in total. The van der Waals surface area contributed by atoms with Crippen LogP contribution < -0.4 is 5.32 Å². The monoisotopic (exact) mass is 153 g/mol. The maximum atomic E-state index is 10.8. The predicted molar refractivity (Wildman–Crippen MR) is 45.5 cm³/mol. The topological polar surface area (TPSA) is 29.1 Å². The van der Waals surface area contributed by atoms with Gasteiger partial charge in [-0.2, -0.15) is 0 Å². The molecule has 0 unspecified atom stereocenters. The molecule has 0 aliphatic heterocycles. The summed E-state index contributed by atoms with van der Waals surface area (Å²) in [5.74, 6) is 0.211. The molecule has 0 aromatic rings. The van der Waals surface area contributed by atoms with Crippen LogP contribution in [0.5, 0.6) is 0 Å². The summed E-state index contributed by atoms with van der Waals surface area (Å²) in [5, 5.41) is 3.30. The van der Waals surface area contributed by atoms with Crippen LogP contribution in [0.1, 0.15) is 26.2 Å². The molecule has 0 radical (unpaired) electrons. The minimum atomic E-state index is 0.211. The van der Waals surface area contributed by atoms with Gasteiger partial charge >= 0.3 is 0 Å². The molecule has 1 aliphatic carbocycles. The van der Waals surface area contributed by atoms with Crippen LogP contribution in [0.3, 0.4) is 0 Å². The summed E-state index contributed by atoms with van der Waals surface area (Å²) >= 11 is 0. The number of ketones is 1. The molecule has 1 N–H and O–H groups in total. The Balaban J connectivity index is 1.99. The molecule has 0 bridgehead atoms. The average molecular weight is 153 g/mol. The highest BCUT2D eigenvalue weighted by Crippen LogP contribution is 2.17. The van der Waals surface area contributed by atoms with Crippen molar-refractivity contribution in [2.75, 3.05) is 6.54 Å². The summed E-state index contributed by atoms with van der Waals surface area (Å²) in [7, 11) is 0. The first-order chi connectivity index (χ1) is 5.33. The second kappa shape index (κ2) is 4.29. The molecule has 1 fully saturated rings. The van der Waals surface area contributed by atoms with Gasteiger partial charge < -0.3 is 5.32 Å². The zero-order chi connectivity index (χ0) is 8.10. The third kappa shape index (κ3) is 3.94. The summed E-state index contributed by atoms with van der Waals surface area (Å²) in [5.41, 5.74) is 0. The van der Waals surface area contributed by atoms with Crippen molar-refractivity contribution < 1.29 is 4.79 Å². The van der Waals surface area contributed by atoms with E-state index in [0.717, 1.165) is 12.6 Å². The Labute approximate surface area is 67.7 Å². The van der Waals surface area contributed by atoms with E-state index in [1.165, 1.54) is 12.8 Å². The largest absolute Gasteiger partial charge is 0.311 e. The standard InChI is InChI=1S/C9H15NO/c1-2-9(11)4-3-7-10-8-5-6-8/h3-4,8,10H,2,5-7H2,1H3/b4-3+. The van der Waals surface area contributed by atoms with Gasteiger partial charge in [-0.3, -0.25) is 4.79 Å². The zero-order valence-corrected chi connectivity index (χ0v) is 6.97. The highest BCUT2D eigenvalue weighted by molar-refractivity contribution is 5.89. The first-order valence-corrected chi connectivity index (χ1v) is 4.25. The second-order valence-electron chi connectivity index (χ2n) is 2.90. The van der Waals surface area contributed by atoms with E-state index in [2.05, 4.69) is 5.32 Å². The lowest BCUT2D eigenvalue weighted by Gasteiger charge is -1.93. The average Bonchev–Trinajstić information content (AvgIpc) is 2.81. The van der Waals surface area contributed by atoms with Crippen LogP contribution in [0.2, 0.25) is 0 Å². The zero-order valence-electron chi connectivity index (χ0n) is 6.97. The quantitative estimate of drug-likeness (QED) is 0.603. The summed E-state index contributed by atoms with van der Waals surface area (Å²) in [6.07, 6.45) is 6.78. The van der Waals surface area contributed by atoms with Crippen molar-refractivity contribution in [1.29, 1.82) is 0 Å². The molecular weight excluding hydrogens is 138 g/mol. The summed E-state index contributed by atoms with van der Waals surface area (Å²) in [6.45, 7) is 2.72. The Morgan fingerprint density at radius 2 is 2.36 bits per heavy atom. The molecular formula is C9H15NO. The molecule has 0 atom stereocenters. The van der Waals surface area contributed by atoms with Gasteiger partial charge in [-0.25, -0.2) is 0 Å². The summed E-state index contributed by atoms with van der Waals surface area (Å²) in [6, 6.07) is 0.733. The lowest BCUT2D eigenvalue weighted by atomic mass is 10.3. The molecule has 11 heavy (non-hydrogen) atoms. The fourth-order valence-corrected chi connectivity index (χ4v) is 0.830. The second-order valence-corrected chi connectivity index (χ2v) is 2.90. The Morgan fingerprint density at radius 1 is 1.64 bits per heavy atom. The molecule has 62 valence electrons. The van der Waals surface area contributed by atoms with Crippen LogP contribution in [-0.2, 0) is 4.79 Å². The van der Waals surface area contributed by atoms with Crippen molar-refractivity contribution in [2.24, 2.45) is 0 Å². The Bertz CT molecular complexity index is 159. The number of hydrogen-bond acceptors (Lipinski definition) is 2. The van der Waals surface area contributed by atoms with Crippen molar-refractivity contribution in [3.8, 4) is 0 Å². The van der Waals surface area contributed by atoms with E-state index in [1.807, 2.05) is 13.0 Å². The Morgan fingerprint density at radius 3 is 2.91 bits per heavy atom. The van der Waals surface area contributed by atoms with Gasteiger partial charge in [0, 0.05) is 19.0 Å². The van der Waals surface area contributed by atoms with Gasteiger partial charge in [0.05, 0.1) is 0 Å².